The van der Waals surface area contributed by atoms with E-state index in [9.17, 15) is 4.79 Å². The lowest BCUT2D eigenvalue weighted by atomic mass is 10.0. The number of methoxy groups -OCH3 is 1. The molecule has 0 unspecified atom stereocenters. The minimum atomic E-state index is -0.762. The number of hydrogen-bond donors (Lipinski definition) is 2. The Hall–Kier alpha value is -4.24. The Bertz CT molecular complexity index is 1090. The van der Waals surface area contributed by atoms with E-state index in [4.69, 9.17) is 14.7 Å². The van der Waals surface area contributed by atoms with E-state index in [1.165, 1.54) is 0 Å². The fourth-order valence-corrected chi connectivity index (χ4v) is 3.14. The zero-order valence-corrected chi connectivity index (χ0v) is 17.9. The molecule has 3 rings (SSSR count). The van der Waals surface area contributed by atoms with Crippen molar-refractivity contribution in [1.82, 2.24) is 5.32 Å². The molecule has 0 saturated carbocycles. The van der Waals surface area contributed by atoms with Crippen molar-refractivity contribution in [2.24, 2.45) is 0 Å². The van der Waals surface area contributed by atoms with Crippen LogP contribution in [0, 0.1) is 11.3 Å². The second-order valence-electron chi connectivity index (χ2n) is 6.97. The number of carbonyl (C=O) groups excluding carboxylic acids is 1. The largest absolute Gasteiger partial charge is 0.497 e. The first-order chi connectivity index (χ1) is 15.6. The van der Waals surface area contributed by atoms with Gasteiger partial charge in [-0.2, -0.15) is 5.26 Å². The average Bonchev–Trinajstić information content (AvgIpc) is 2.85. The van der Waals surface area contributed by atoms with Crippen LogP contribution in [0.5, 0.6) is 11.5 Å². The second-order valence-corrected chi connectivity index (χ2v) is 6.97. The molecule has 32 heavy (non-hydrogen) atoms. The summed E-state index contributed by atoms with van der Waals surface area (Å²) in [5.41, 5.74) is 2.85. The number of nitriles is 1. The molecule has 0 fully saturated rings. The van der Waals surface area contributed by atoms with Gasteiger partial charge in [-0.05, 0) is 48.0 Å². The molecule has 3 aromatic rings. The zero-order chi connectivity index (χ0) is 22.8. The number of amides is 1. The van der Waals surface area contributed by atoms with Gasteiger partial charge in [-0.1, -0.05) is 43.0 Å². The second kappa shape index (κ2) is 11.2. The van der Waals surface area contributed by atoms with Crippen molar-refractivity contribution in [3.05, 3.63) is 102 Å². The van der Waals surface area contributed by atoms with Gasteiger partial charge >= 0.3 is 0 Å². The molecule has 0 spiro atoms. The van der Waals surface area contributed by atoms with Crippen LogP contribution in [-0.2, 0) is 11.3 Å². The molecular weight excluding hydrogens is 402 g/mol. The Kier molecular flexibility index (Phi) is 7.88. The Balaban J connectivity index is 1.94. The van der Waals surface area contributed by atoms with Crippen LogP contribution in [0.25, 0.3) is 0 Å². The summed E-state index contributed by atoms with van der Waals surface area (Å²) in [4.78, 5) is 13.3. The number of hydrogen-bond acceptors (Lipinski definition) is 5. The molecule has 0 aliphatic rings. The van der Waals surface area contributed by atoms with Crippen LogP contribution in [0.3, 0.4) is 0 Å². The predicted octanol–water partition coefficient (Wildman–Crippen LogP) is 4.60. The molecule has 0 aliphatic heterocycles. The van der Waals surface area contributed by atoms with Gasteiger partial charge in [0.15, 0.2) is 0 Å². The first-order valence-electron chi connectivity index (χ1n) is 10.1. The smallest absolute Gasteiger partial charge is 0.247 e. The molecule has 0 heterocycles. The normalized spacial score (nSPS) is 11.0. The van der Waals surface area contributed by atoms with E-state index in [1.54, 1.807) is 55.7 Å². The number of nitrogens with one attached hydrogen (secondary N) is 2. The summed E-state index contributed by atoms with van der Waals surface area (Å²) in [5.74, 6) is 0.926. The van der Waals surface area contributed by atoms with Gasteiger partial charge in [-0.3, -0.25) is 4.79 Å². The van der Waals surface area contributed by atoms with Gasteiger partial charge in [0, 0.05) is 17.8 Å². The van der Waals surface area contributed by atoms with Crippen LogP contribution in [-0.4, -0.2) is 19.6 Å². The van der Waals surface area contributed by atoms with Gasteiger partial charge in [-0.15, -0.1) is 0 Å². The molecule has 0 bridgehead atoms. The summed E-state index contributed by atoms with van der Waals surface area (Å²) in [6.45, 7) is 4.38. The van der Waals surface area contributed by atoms with E-state index < -0.39 is 6.04 Å². The third-order valence-electron chi connectivity index (χ3n) is 4.78. The SMILES string of the molecule is C=CCOc1ccc(OC)cc1[C@H](Nc1ccc(C#N)cc1)C(=O)NCc1ccccc1. The topological polar surface area (TPSA) is 83.4 Å². The fourth-order valence-electron chi connectivity index (χ4n) is 3.14. The molecule has 0 aromatic heterocycles. The van der Waals surface area contributed by atoms with E-state index in [-0.39, 0.29) is 5.91 Å². The first kappa shape index (κ1) is 22.4. The Morgan fingerprint density at radius 2 is 1.88 bits per heavy atom. The first-order valence-corrected chi connectivity index (χ1v) is 10.1. The van der Waals surface area contributed by atoms with Gasteiger partial charge in [0.1, 0.15) is 24.1 Å². The molecule has 1 atom stereocenters. The molecule has 0 radical (unpaired) electrons. The maximum absolute atomic E-state index is 13.3. The third kappa shape index (κ3) is 5.89. The van der Waals surface area contributed by atoms with Crippen LogP contribution in [0.1, 0.15) is 22.7 Å². The number of anilines is 1. The minimum Gasteiger partial charge on any atom is -0.497 e. The highest BCUT2D eigenvalue weighted by Gasteiger charge is 2.25. The van der Waals surface area contributed by atoms with Crippen molar-refractivity contribution in [3.63, 3.8) is 0 Å². The molecular formula is C26H25N3O3. The van der Waals surface area contributed by atoms with Crippen molar-refractivity contribution >= 4 is 11.6 Å². The lowest BCUT2D eigenvalue weighted by molar-refractivity contribution is -0.122. The summed E-state index contributed by atoms with van der Waals surface area (Å²) < 4.78 is 11.2. The van der Waals surface area contributed by atoms with E-state index in [1.807, 2.05) is 30.3 Å². The van der Waals surface area contributed by atoms with Gasteiger partial charge in [0.25, 0.3) is 0 Å². The maximum atomic E-state index is 13.3. The van der Waals surface area contributed by atoms with Crippen LogP contribution in [0.4, 0.5) is 5.69 Å². The van der Waals surface area contributed by atoms with Gasteiger partial charge in [-0.25, -0.2) is 0 Å². The molecule has 0 aliphatic carbocycles. The van der Waals surface area contributed by atoms with Crippen molar-refractivity contribution in [2.75, 3.05) is 19.0 Å². The molecule has 162 valence electrons. The lowest BCUT2D eigenvalue weighted by Gasteiger charge is -2.23. The Morgan fingerprint density at radius 3 is 2.53 bits per heavy atom. The fraction of sp³-hybridized carbons (Fsp3) is 0.154. The summed E-state index contributed by atoms with van der Waals surface area (Å²) in [6, 6.07) is 23.3. The molecule has 6 heteroatoms. The van der Waals surface area contributed by atoms with Gasteiger partial charge in [0.05, 0.1) is 18.7 Å². The predicted molar refractivity (Wildman–Crippen MR) is 124 cm³/mol. The average molecular weight is 428 g/mol. The van der Waals surface area contributed by atoms with Crippen molar-refractivity contribution in [2.45, 2.75) is 12.6 Å². The Labute approximate surface area is 188 Å². The highest BCUT2D eigenvalue weighted by molar-refractivity contribution is 5.87. The summed E-state index contributed by atoms with van der Waals surface area (Å²) in [6.07, 6.45) is 1.65. The minimum absolute atomic E-state index is 0.227. The monoisotopic (exact) mass is 427 g/mol. The van der Waals surface area contributed by atoms with E-state index in [0.717, 1.165) is 5.56 Å². The number of rotatable bonds is 10. The van der Waals surface area contributed by atoms with Crippen LogP contribution in [0.2, 0.25) is 0 Å². The molecule has 6 nitrogen and oxygen atoms in total. The summed E-state index contributed by atoms with van der Waals surface area (Å²) in [5, 5.41) is 15.3. The zero-order valence-electron chi connectivity index (χ0n) is 17.9. The number of ether oxygens (including phenoxy) is 2. The van der Waals surface area contributed by atoms with Gasteiger partial charge in [0.2, 0.25) is 5.91 Å². The number of carbonyl (C=O) groups is 1. The van der Waals surface area contributed by atoms with Crippen LogP contribution >= 0.6 is 0 Å². The standard InChI is InChI=1S/C26H25N3O3/c1-3-15-32-24-14-13-22(31-2)16-23(24)25(29-21-11-9-19(17-27)10-12-21)26(30)28-18-20-7-5-4-6-8-20/h3-14,16,25,29H,1,15,18H2,2H3,(H,28,30)/t25-/m0/s1. The molecule has 0 saturated heterocycles. The number of benzene rings is 3. The molecule has 2 N–H and O–H groups in total. The van der Waals surface area contributed by atoms with E-state index in [2.05, 4.69) is 23.3 Å². The molecule has 1 amide bonds. The van der Waals surface area contributed by atoms with Crippen LogP contribution < -0.4 is 20.1 Å². The molecule has 3 aromatic carbocycles. The summed E-state index contributed by atoms with van der Waals surface area (Å²) >= 11 is 0. The Morgan fingerprint density at radius 1 is 1.12 bits per heavy atom. The van der Waals surface area contributed by atoms with Crippen LogP contribution in [0.15, 0.2) is 85.5 Å². The van der Waals surface area contributed by atoms with Crippen molar-refractivity contribution in [3.8, 4) is 17.6 Å². The third-order valence-corrected chi connectivity index (χ3v) is 4.78. The maximum Gasteiger partial charge on any atom is 0.247 e. The summed E-state index contributed by atoms with van der Waals surface area (Å²) in [7, 11) is 1.57. The van der Waals surface area contributed by atoms with Crippen molar-refractivity contribution in [1.29, 1.82) is 5.26 Å². The van der Waals surface area contributed by atoms with E-state index >= 15 is 0 Å². The highest BCUT2D eigenvalue weighted by atomic mass is 16.5. The quantitative estimate of drug-likeness (QED) is 0.462. The highest BCUT2D eigenvalue weighted by Crippen LogP contribution is 2.32. The van der Waals surface area contributed by atoms with Gasteiger partial charge < -0.3 is 20.1 Å². The van der Waals surface area contributed by atoms with Crippen molar-refractivity contribution < 1.29 is 14.3 Å². The lowest BCUT2D eigenvalue weighted by Crippen LogP contribution is -2.33. The number of nitrogens with zero attached hydrogens (tertiary/aromatic N) is 1. The van der Waals surface area contributed by atoms with E-state index in [0.29, 0.717) is 41.5 Å².